The summed E-state index contributed by atoms with van der Waals surface area (Å²) in [5.41, 5.74) is 8.90. The lowest BCUT2D eigenvalue weighted by Gasteiger charge is -2.25. The van der Waals surface area contributed by atoms with Crippen LogP contribution in [0.2, 0.25) is 0 Å². The third-order valence-corrected chi connectivity index (χ3v) is 2.95. The lowest BCUT2D eigenvalue weighted by molar-refractivity contribution is -0.118. The SMILES string of the molecule is CCc1cccc(C)c1N(CC)C(=O)CCN. The molecule has 0 unspecified atom stereocenters. The van der Waals surface area contributed by atoms with E-state index in [1.165, 1.54) is 5.56 Å². The van der Waals surface area contributed by atoms with E-state index in [-0.39, 0.29) is 5.91 Å². The Morgan fingerprint density at radius 1 is 1.35 bits per heavy atom. The van der Waals surface area contributed by atoms with Crippen LogP contribution in [-0.4, -0.2) is 19.0 Å². The van der Waals surface area contributed by atoms with Crippen molar-refractivity contribution in [1.29, 1.82) is 0 Å². The highest BCUT2D eigenvalue weighted by atomic mass is 16.2. The lowest BCUT2D eigenvalue weighted by atomic mass is 10.0. The highest BCUT2D eigenvalue weighted by Crippen LogP contribution is 2.26. The Hall–Kier alpha value is -1.35. The average molecular weight is 234 g/mol. The summed E-state index contributed by atoms with van der Waals surface area (Å²) in [6.07, 6.45) is 1.34. The van der Waals surface area contributed by atoms with Crippen molar-refractivity contribution in [3.05, 3.63) is 29.3 Å². The Bertz CT molecular complexity index is 388. The van der Waals surface area contributed by atoms with E-state index in [1.807, 2.05) is 30.9 Å². The molecule has 1 rings (SSSR count). The van der Waals surface area contributed by atoms with Gasteiger partial charge in [-0.1, -0.05) is 25.1 Å². The Morgan fingerprint density at radius 3 is 2.59 bits per heavy atom. The number of carbonyl (C=O) groups excluding carboxylic acids is 1. The van der Waals surface area contributed by atoms with Gasteiger partial charge in [0, 0.05) is 25.2 Å². The molecule has 0 radical (unpaired) electrons. The molecule has 0 atom stereocenters. The number of aryl methyl sites for hydroxylation is 2. The minimum absolute atomic E-state index is 0.110. The predicted octanol–water partition coefficient (Wildman–Crippen LogP) is 2.26. The van der Waals surface area contributed by atoms with Crippen LogP contribution in [0.1, 0.15) is 31.4 Å². The summed E-state index contributed by atoms with van der Waals surface area (Å²) in [5.74, 6) is 0.110. The molecule has 0 spiro atoms. The largest absolute Gasteiger partial charge is 0.330 e. The monoisotopic (exact) mass is 234 g/mol. The average Bonchev–Trinajstić information content (AvgIpc) is 2.32. The van der Waals surface area contributed by atoms with E-state index in [0.29, 0.717) is 19.5 Å². The number of hydrogen-bond donors (Lipinski definition) is 1. The van der Waals surface area contributed by atoms with E-state index in [0.717, 1.165) is 17.7 Å². The normalized spacial score (nSPS) is 10.4. The van der Waals surface area contributed by atoms with Crippen molar-refractivity contribution in [3.63, 3.8) is 0 Å². The maximum atomic E-state index is 12.0. The van der Waals surface area contributed by atoms with Gasteiger partial charge in [0.15, 0.2) is 0 Å². The fourth-order valence-electron chi connectivity index (χ4n) is 2.11. The fourth-order valence-corrected chi connectivity index (χ4v) is 2.11. The molecular weight excluding hydrogens is 212 g/mol. The highest BCUT2D eigenvalue weighted by Gasteiger charge is 2.17. The number of nitrogens with zero attached hydrogens (tertiary/aromatic N) is 1. The molecule has 1 aromatic carbocycles. The van der Waals surface area contributed by atoms with Gasteiger partial charge in [-0.25, -0.2) is 0 Å². The van der Waals surface area contributed by atoms with Gasteiger partial charge >= 0.3 is 0 Å². The molecule has 94 valence electrons. The number of carbonyl (C=O) groups is 1. The summed E-state index contributed by atoms with van der Waals surface area (Å²) >= 11 is 0. The van der Waals surface area contributed by atoms with Crippen LogP contribution in [-0.2, 0) is 11.2 Å². The summed E-state index contributed by atoms with van der Waals surface area (Å²) in [6.45, 7) is 7.26. The van der Waals surface area contributed by atoms with Gasteiger partial charge in [0.1, 0.15) is 0 Å². The minimum atomic E-state index is 0.110. The first kappa shape index (κ1) is 13.7. The molecule has 3 nitrogen and oxygen atoms in total. The van der Waals surface area contributed by atoms with Crippen molar-refractivity contribution in [2.45, 2.75) is 33.6 Å². The quantitative estimate of drug-likeness (QED) is 0.849. The maximum absolute atomic E-state index is 12.0. The van der Waals surface area contributed by atoms with Gasteiger partial charge in [-0.3, -0.25) is 4.79 Å². The zero-order valence-electron chi connectivity index (χ0n) is 11.0. The number of hydrogen-bond acceptors (Lipinski definition) is 2. The van der Waals surface area contributed by atoms with E-state index in [4.69, 9.17) is 5.73 Å². The molecule has 2 N–H and O–H groups in total. The van der Waals surface area contributed by atoms with Gasteiger partial charge in [-0.15, -0.1) is 0 Å². The van der Waals surface area contributed by atoms with Gasteiger partial charge in [0.05, 0.1) is 0 Å². The third kappa shape index (κ3) is 3.07. The molecule has 3 heteroatoms. The number of anilines is 1. The molecule has 0 aliphatic rings. The molecule has 0 aromatic heterocycles. The van der Waals surface area contributed by atoms with Crippen LogP contribution in [0.25, 0.3) is 0 Å². The molecule has 17 heavy (non-hydrogen) atoms. The van der Waals surface area contributed by atoms with Gasteiger partial charge in [0.25, 0.3) is 0 Å². The summed E-state index contributed by atoms with van der Waals surface area (Å²) in [7, 11) is 0. The molecule has 0 aliphatic heterocycles. The van der Waals surface area contributed by atoms with Crippen LogP contribution in [0.4, 0.5) is 5.69 Å². The predicted molar refractivity (Wildman–Crippen MR) is 72.3 cm³/mol. The maximum Gasteiger partial charge on any atom is 0.228 e. The number of amides is 1. The molecule has 1 amide bonds. The summed E-state index contributed by atoms with van der Waals surface area (Å²) in [5, 5.41) is 0. The van der Waals surface area contributed by atoms with Crippen LogP contribution in [0, 0.1) is 6.92 Å². The number of benzene rings is 1. The number of rotatable bonds is 5. The van der Waals surface area contributed by atoms with Crippen molar-refractivity contribution >= 4 is 11.6 Å². The van der Waals surface area contributed by atoms with Crippen molar-refractivity contribution < 1.29 is 4.79 Å². The second-order valence-corrected chi connectivity index (χ2v) is 4.11. The molecular formula is C14H22N2O. The Labute approximate surface area is 104 Å². The Kier molecular flexibility index (Phi) is 5.16. The molecule has 1 aromatic rings. The van der Waals surface area contributed by atoms with Crippen LogP contribution < -0.4 is 10.6 Å². The van der Waals surface area contributed by atoms with Crippen LogP contribution in [0.3, 0.4) is 0 Å². The van der Waals surface area contributed by atoms with Crippen molar-refractivity contribution in [2.24, 2.45) is 5.73 Å². The highest BCUT2D eigenvalue weighted by molar-refractivity contribution is 5.95. The van der Waals surface area contributed by atoms with E-state index in [1.54, 1.807) is 0 Å². The smallest absolute Gasteiger partial charge is 0.228 e. The molecule has 0 bridgehead atoms. The summed E-state index contributed by atoms with van der Waals surface area (Å²) in [4.78, 5) is 13.9. The Balaban J connectivity index is 3.14. The van der Waals surface area contributed by atoms with Crippen molar-refractivity contribution in [1.82, 2.24) is 0 Å². The molecule has 0 fully saturated rings. The molecule has 0 aliphatic carbocycles. The zero-order chi connectivity index (χ0) is 12.8. The van der Waals surface area contributed by atoms with Gasteiger partial charge < -0.3 is 10.6 Å². The minimum Gasteiger partial charge on any atom is -0.330 e. The number of nitrogens with two attached hydrogens (primary N) is 1. The van der Waals surface area contributed by atoms with Crippen LogP contribution >= 0.6 is 0 Å². The van der Waals surface area contributed by atoms with E-state index < -0.39 is 0 Å². The van der Waals surface area contributed by atoms with Gasteiger partial charge in [-0.05, 0) is 31.4 Å². The molecule has 0 saturated heterocycles. The first-order chi connectivity index (χ1) is 8.15. The summed E-state index contributed by atoms with van der Waals surface area (Å²) < 4.78 is 0. The molecule has 0 heterocycles. The van der Waals surface area contributed by atoms with E-state index in [9.17, 15) is 4.79 Å². The lowest BCUT2D eigenvalue weighted by Crippen LogP contribution is -2.33. The fraction of sp³-hybridized carbons (Fsp3) is 0.500. The van der Waals surface area contributed by atoms with Gasteiger partial charge in [-0.2, -0.15) is 0 Å². The first-order valence-electron chi connectivity index (χ1n) is 6.24. The third-order valence-electron chi connectivity index (χ3n) is 2.95. The standard InChI is InChI=1S/C14H22N2O/c1-4-12-8-6-7-11(3)14(12)16(5-2)13(17)9-10-15/h6-8H,4-5,9-10,15H2,1-3H3. The second-order valence-electron chi connectivity index (χ2n) is 4.11. The topological polar surface area (TPSA) is 46.3 Å². The molecule has 0 saturated carbocycles. The van der Waals surface area contributed by atoms with Crippen molar-refractivity contribution in [3.8, 4) is 0 Å². The van der Waals surface area contributed by atoms with E-state index >= 15 is 0 Å². The van der Waals surface area contributed by atoms with Crippen LogP contribution in [0.15, 0.2) is 18.2 Å². The van der Waals surface area contributed by atoms with E-state index in [2.05, 4.69) is 13.0 Å². The summed E-state index contributed by atoms with van der Waals surface area (Å²) in [6, 6.07) is 6.17. The van der Waals surface area contributed by atoms with Gasteiger partial charge in [0.2, 0.25) is 5.91 Å². The zero-order valence-corrected chi connectivity index (χ0v) is 11.0. The second kappa shape index (κ2) is 6.40. The number of para-hydroxylation sites is 1. The van der Waals surface area contributed by atoms with Crippen LogP contribution in [0.5, 0.6) is 0 Å². The van der Waals surface area contributed by atoms with Crippen molar-refractivity contribution in [2.75, 3.05) is 18.0 Å². The first-order valence-corrected chi connectivity index (χ1v) is 6.24. The Morgan fingerprint density at radius 2 is 2.06 bits per heavy atom.